The number of hydrogen-bond donors (Lipinski definition) is 8. The van der Waals surface area contributed by atoms with Crippen molar-refractivity contribution in [2.75, 3.05) is 0 Å². The van der Waals surface area contributed by atoms with Crippen LogP contribution in [-0.2, 0) is 0 Å². The van der Waals surface area contributed by atoms with Gasteiger partial charge in [0.1, 0.15) is 11.2 Å². The molecule has 9 heteroatoms. The number of furan rings is 1. The molecule has 284 valence electrons. The molecule has 8 N–H and O–H groups in total. The van der Waals surface area contributed by atoms with Crippen LogP contribution in [0.15, 0.2) is 138 Å². The summed E-state index contributed by atoms with van der Waals surface area (Å²) in [7, 11) is 0. The normalized spacial score (nSPS) is 11.9. The second-order valence-electron chi connectivity index (χ2n) is 14.7. The number of benzene rings is 10. The van der Waals surface area contributed by atoms with Crippen LogP contribution in [-0.4, -0.2) is 40.9 Å². The third-order valence-corrected chi connectivity index (χ3v) is 11.7. The van der Waals surface area contributed by atoms with E-state index in [0.717, 1.165) is 54.4 Å². The number of fused-ring (bicyclic) bond motifs is 10. The Kier molecular flexibility index (Phi) is 6.97. The molecule has 10 aromatic carbocycles. The summed E-state index contributed by atoms with van der Waals surface area (Å²) in [6, 6.07) is 41.8. The number of rotatable bonds is 3. The minimum atomic E-state index is -1.03. The van der Waals surface area contributed by atoms with Gasteiger partial charge in [0.25, 0.3) is 0 Å². The Morgan fingerprint density at radius 3 is 1.36 bits per heavy atom. The van der Waals surface area contributed by atoms with E-state index in [4.69, 9.17) is 4.42 Å². The molecule has 0 amide bonds. The molecule has 11 rings (SSSR count). The van der Waals surface area contributed by atoms with Crippen LogP contribution in [0.2, 0.25) is 0 Å². The highest BCUT2D eigenvalue weighted by Crippen LogP contribution is 2.62. The molecule has 0 saturated heterocycles. The van der Waals surface area contributed by atoms with Gasteiger partial charge >= 0.3 is 0 Å². The molecule has 0 unspecified atom stereocenters. The maximum Gasteiger partial charge on any atom is 0.204 e. The second kappa shape index (κ2) is 12.1. The van der Waals surface area contributed by atoms with Gasteiger partial charge in [-0.25, -0.2) is 0 Å². The van der Waals surface area contributed by atoms with Gasteiger partial charge in [-0.15, -0.1) is 0 Å². The largest absolute Gasteiger partial charge is 0.504 e. The second-order valence-corrected chi connectivity index (χ2v) is 14.7. The topological polar surface area (TPSA) is 175 Å². The SMILES string of the molecule is Oc1c(O)c(O)c2c(-c3cccc4ccccc34)c3c(O)c(O)c(O)c(O)c3c(-c3ccc(-c4cc5oc6ccc7ccccc7c6c5c5ccccc45)cc3)c2c1O. The van der Waals surface area contributed by atoms with Crippen LogP contribution in [0, 0.1) is 0 Å². The number of phenolic OH excluding ortho intramolecular Hbond substituents is 8. The number of hydrogen-bond acceptors (Lipinski definition) is 9. The molecule has 0 saturated carbocycles. The average Bonchev–Trinajstić information content (AvgIpc) is 3.67. The van der Waals surface area contributed by atoms with Gasteiger partial charge in [0.2, 0.25) is 23.0 Å². The Morgan fingerprint density at radius 2 is 0.746 bits per heavy atom. The standard InChI is InChI=1S/C50H30O9/c51-43-39-35(26-18-16-25(17-19-26)32-22-34-37(31-14-6-5-13-29(31)32)36-28-12-4-2-9-24(28)20-21-33(36)59-34)40-42(46(54)50(58)48(56)44(40)52)38(41(39)45(53)49(57)47(43)55)30-15-7-10-23-8-1-3-11-27(23)30/h1-22,51-58H. The van der Waals surface area contributed by atoms with Crippen molar-refractivity contribution in [2.24, 2.45) is 0 Å². The molecule has 11 aromatic rings. The predicted molar refractivity (Wildman–Crippen MR) is 231 cm³/mol. The van der Waals surface area contributed by atoms with E-state index in [2.05, 4.69) is 18.2 Å². The zero-order valence-corrected chi connectivity index (χ0v) is 30.7. The fourth-order valence-electron chi connectivity index (χ4n) is 9.08. The van der Waals surface area contributed by atoms with Crippen molar-refractivity contribution in [1.29, 1.82) is 0 Å². The minimum Gasteiger partial charge on any atom is -0.504 e. The van der Waals surface area contributed by atoms with Gasteiger partial charge < -0.3 is 45.3 Å². The van der Waals surface area contributed by atoms with Crippen LogP contribution >= 0.6 is 0 Å². The van der Waals surface area contributed by atoms with Gasteiger partial charge in [-0.2, -0.15) is 0 Å². The molecule has 0 aliphatic carbocycles. The molecule has 0 bridgehead atoms. The average molecular weight is 775 g/mol. The molecule has 0 fully saturated rings. The summed E-state index contributed by atoms with van der Waals surface area (Å²) in [6.07, 6.45) is 0. The quantitative estimate of drug-likeness (QED) is 0.0493. The van der Waals surface area contributed by atoms with Gasteiger partial charge in [0.05, 0.1) is 0 Å². The third kappa shape index (κ3) is 4.55. The highest BCUT2D eigenvalue weighted by atomic mass is 16.4. The van der Waals surface area contributed by atoms with E-state index in [1.165, 1.54) is 0 Å². The fourth-order valence-corrected chi connectivity index (χ4v) is 9.08. The van der Waals surface area contributed by atoms with Crippen LogP contribution < -0.4 is 0 Å². The van der Waals surface area contributed by atoms with E-state index in [1.54, 1.807) is 36.4 Å². The Hall–Kier alpha value is -8.30. The van der Waals surface area contributed by atoms with Gasteiger partial charge in [-0.05, 0) is 66.7 Å². The van der Waals surface area contributed by atoms with Crippen LogP contribution in [0.1, 0.15) is 0 Å². The molecule has 59 heavy (non-hydrogen) atoms. The number of aromatic hydroxyl groups is 8. The van der Waals surface area contributed by atoms with E-state index in [-0.39, 0.29) is 32.7 Å². The van der Waals surface area contributed by atoms with E-state index in [1.807, 2.05) is 78.9 Å². The monoisotopic (exact) mass is 774 g/mol. The third-order valence-electron chi connectivity index (χ3n) is 11.7. The summed E-state index contributed by atoms with van der Waals surface area (Å²) >= 11 is 0. The zero-order chi connectivity index (χ0) is 40.4. The van der Waals surface area contributed by atoms with Crippen LogP contribution in [0.25, 0.3) is 109 Å². The lowest BCUT2D eigenvalue weighted by Gasteiger charge is -2.23. The molecule has 0 aliphatic heterocycles. The molecular formula is C50H30O9. The molecule has 0 atom stereocenters. The van der Waals surface area contributed by atoms with Gasteiger partial charge in [0, 0.05) is 43.4 Å². The molecule has 0 spiro atoms. The lowest BCUT2D eigenvalue weighted by atomic mass is 9.82. The highest BCUT2D eigenvalue weighted by molar-refractivity contribution is 6.31. The van der Waals surface area contributed by atoms with E-state index in [0.29, 0.717) is 22.1 Å². The summed E-state index contributed by atoms with van der Waals surface area (Å²) in [5, 5.41) is 97.5. The Morgan fingerprint density at radius 1 is 0.288 bits per heavy atom. The van der Waals surface area contributed by atoms with Gasteiger partial charge in [-0.3, -0.25) is 0 Å². The Bertz CT molecular complexity index is 3550. The van der Waals surface area contributed by atoms with Gasteiger partial charge in [0.15, 0.2) is 23.0 Å². The summed E-state index contributed by atoms with van der Waals surface area (Å²) < 4.78 is 6.49. The zero-order valence-electron chi connectivity index (χ0n) is 30.7. The maximum atomic E-state index is 11.7. The van der Waals surface area contributed by atoms with Crippen LogP contribution in [0.5, 0.6) is 46.0 Å². The highest BCUT2D eigenvalue weighted by Gasteiger charge is 2.33. The molecule has 0 aliphatic rings. The minimum absolute atomic E-state index is 0.00300. The predicted octanol–water partition coefficient (Wildman–Crippen LogP) is 12.0. The van der Waals surface area contributed by atoms with Crippen molar-refractivity contribution in [3.05, 3.63) is 133 Å². The molecule has 1 heterocycles. The first-order valence-electron chi connectivity index (χ1n) is 18.7. The smallest absolute Gasteiger partial charge is 0.204 e. The van der Waals surface area contributed by atoms with Crippen LogP contribution in [0.3, 0.4) is 0 Å². The summed E-state index contributed by atoms with van der Waals surface area (Å²) in [5.74, 6) is -7.43. The van der Waals surface area contributed by atoms with Crippen molar-refractivity contribution in [2.45, 2.75) is 0 Å². The van der Waals surface area contributed by atoms with E-state index >= 15 is 0 Å². The van der Waals surface area contributed by atoms with E-state index < -0.39 is 46.0 Å². The van der Waals surface area contributed by atoms with Crippen molar-refractivity contribution >= 4 is 75.8 Å². The summed E-state index contributed by atoms with van der Waals surface area (Å²) in [5.41, 5.74) is 3.75. The maximum absolute atomic E-state index is 11.7. The Labute approximate surface area is 333 Å². The number of phenols is 8. The Balaban J connectivity index is 1.23. The first kappa shape index (κ1) is 34.0. The molecule has 0 radical (unpaired) electrons. The van der Waals surface area contributed by atoms with Crippen molar-refractivity contribution < 1.29 is 45.3 Å². The fraction of sp³-hybridized carbons (Fsp3) is 0. The van der Waals surface area contributed by atoms with Gasteiger partial charge in [-0.1, -0.05) is 121 Å². The van der Waals surface area contributed by atoms with Crippen molar-refractivity contribution in [3.8, 4) is 79.4 Å². The lowest BCUT2D eigenvalue weighted by molar-refractivity contribution is 0.350. The molecular weight excluding hydrogens is 745 g/mol. The first-order valence-corrected chi connectivity index (χ1v) is 18.7. The first-order chi connectivity index (χ1) is 28.6. The van der Waals surface area contributed by atoms with Crippen LogP contribution in [0.4, 0.5) is 0 Å². The molecule has 9 nitrogen and oxygen atoms in total. The van der Waals surface area contributed by atoms with Crippen molar-refractivity contribution in [1.82, 2.24) is 0 Å². The summed E-state index contributed by atoms with van der Waals surface area (Å²) in [6.45, 7) is 0. The van der Waals surface area contributed by atoms with Crippen molar-refractivity contribution in [3.63, 3.8) is 0 Å². The molecule has 1 aromatic heterocycles. The summed E-state index contributed by atoms with van der Waals surface area (Å²) in [4.78, 5) is 0. The lowest BCUT2D eigenvalue weighted by Crippen LogP contribution is -1.95. The van der Waals surface area contributed by atoms with E-state index in [9.17, 15) is 40.9 Å².